The Labute approximate surface area is 128 Å². The lowest BCUT2D eigenvalue weighted by Gasteiger charge is -2.35. The molecule has 1 aromatic rings. The SMILES string of the molecule is CC(C)Oc1ccc([C@H](CC2CC2)N2CCNCC2)cc1. The van der Waals surface area contributed by atoms with Crippen LogP contribution in [0.3, 0.4) is 0 Å². The molecule has 2 aliphatic rings. The van der Waals surface area contributed by atoms with Crippen LogP contribution in [0.2, 0.25) is 0 Å². The van der Waals surface area contributed by atoms with Crippen LogP contribution >= 0.6 is 0 Å². The lowest BCUT2D eigenvalue weighted by molar-refractivity contribution is 0.160. The molecular weight excluding hydrogens is 260 g/mol. The quantitative estimate of drug-likeness (QED) is 0.870. The second-order valence-corrected chi connectivity index (χ2v) is 6.72. The second kappa shape index (κ2) is 6.80. The molecule has 0 bridgehead atoms. The first-order valence-electron chi connectivity index (χ1n) is 8.44. The molecule has 0 unspecified atom stereocenters. The van der Waals surface area contributed by atoms with Crippen LogP contribution in [0.1, 0.15) is 44.7 Å². The summed E-state index contributed by atoms with van der Waals surface area (Å²) in [5.74, 6) is 1.94. The molecule has 1 atom stereocenters. The van der Waals surface area contributed by atoms with Gasteiger partial charge in [-0.25, -0.2) is 0 Å². The summed E-state index contributed by atoms with van der Waals surface area (Å²) in [5.41, 5.74) is 1.46. The Balaban J connectivity index is 1.71. The molecule has 3 nitrogen and oxygen atoms in total. The summed E-state index contributed by atoms with van der Waals surface area (Å²) in [5, 5.41) is 3.46. The van der Waals surface area contributed by atoms with Crippen LogP contribution in [0, 0.1) is 5.92 Å². The fourth-order valence-electron chi connectivity index (χ4n) is 3.20. The van der Waals surface area contributed by atoms with Gasteiger partial charge in [-0.15, -0.1) is 0 Å². The van der Waals surface area contributed by atoms with E-state index >= 15 is 0 Å². The van der Waals surface area contributed by atoms with Gasteiger partial charge in [0.15, 0.2) is 0 Å². The van der Waals surface area contributed by atoms with E-state index in [2.05, 4.69) is 48.3 Å². The van der Waals surface area contributed by atoms with Crippen molar-refractivity contribution in [1.82, 2.24) is 10.2 Å². The monoisotopic (exact) mass is 288 g/mol. The maximum Gasteiger partial charge on any atom is 0.119 e. The topological polar surface area (TPSA) is 24.5 Å². The maximum absolute atomic E-state index is 5.76. The molecule has 1 heterocycles. The molecule has 1 N–H and O–H groups in total. The highest BCUT2D eigenvalue weighted by molar-refractivity contribution is 5.29. The summed E-state index contributed by atoms with van der Waals surface area (Å²) in [4.78, 5) is 2.66. The highest BCUT2D eigenvalue weighted by Gasteiger charge is 2.30. The van der Waals surface area contributed by atoms with Gasteiger partial charge in [0.1, 0.15) is 5.75 Å². The first kappa shape index (κ1) is 14.9. The van der Waals surface area contributed by atoms with E-state index in [9.17, 15) is 0 Å². The van der Waals surface area contributed by atoms with Crippen LogP contribution in [0.4, 0.5) is 0 Å². The Morgan fingerprint density at radius 2 is 1.81 bits per heavy atom. The molecular formula is C18H28N2O. The Morgan fingerprint density at radius 1 is 1.14 bits per heavy atom. The molecule has 1 aliphatic heterocycles. The molecule has 1 saturated carbocycles. The number of benzene rings is 1. The summed E-state index contributed by atoms with van der Waals surface area (Å²) in [7, 11) is 0. The number of nitrogens with zero attached hydrogens (tertiary/aromatic N) is 1. The van der Waals surface area contributed by atoms with Gasteiger partial charge in [-0.3, -0.25) is 4.90 Å². The minimum Gasteiger partial charge on any atom is -0.491 e. The normalized spacial score (nSPS) is 21.5. The zero-order valence-electron chi connectivity index (χ0n) is 13.3. The van der Waals surface area contributed by atoms with E-state index in [0.717, 1.165) is 24.8 Å². The molecule has 21 heavy (non-hydrogen) atoms. The van der Waals surface area contributed by atoms with E-state index in [4.69, 9.17) is 4.74 Å². The summed E-state index contributed by atoms with van der Waals surface area (Å²) in [6, 6.07) is 9.40. The molecule has 0 aromatic heterocycles. The van der Waals surface area contributed by atoms with Crippen LogP contribution in [0.5, 0.6) is 5.75 Å². The van der Waals surface area contributed by atoms with Gasteiger partial charge in [-0.05, 0) is 43.9 Å². The molecule has 1 aromatic carbocycles. The summed E-state index contributed by atoms with van der Waals surface area (Å²) >= 11 is 0. The number of piperazine rings is 1. The van der Waals surface area contributed by atoms with Gasteiger partial charge < -0.3 is 10.1 Å². The van der Waals surface area contributed by atoms with Crippen LogP contribution in [0.15, 0.2) is 24.3 Å². The fourth-order valence-corrected chi connectivity index (χ4v) is 3.20. The second-order valence-electron chi connectivity index (χ2n) is 6.72. The predicted octanol–water partition coefficient (Wildman–Crippen LogP) is 3.22. The molecule has 0 amide bonds. The van der Waals surface area contributed by atoms with Crippen molar-refractivity contribution in [2.45, 2.75) is 45.3 Å². The van der Waals surface area contributed by atoms with Gasteiger partial charge in [0.05, 0.1) is 6.10 Å². The Morgan fingerprint density at radius 3 is 2.38 bits per heavy atom. The number of hydrogen-bond donors (Lipinski definition) is 1. The molecule has 3 rings (SSSR count). The average molecular weight is 288 g/mol. The van der Waals surface area contributed by atoms with Gasteiger partial charge in [0, 0.05) is 32.2 Å². The highest BCUT2D eigenvalue weighted by Crippen LogP contribution is 2.40. The molecule has 3 heteroatoms. The van der Waals surface area contributed by atoms with Crippen LogP contribution in [0.25, 0.3) is 0 Å². The third-order valence-electron chi connectivity index (χ3n) is 4.48. The van der Waals surface area contributed by atoms with Crippen molar-refractivity contribution in [1.29, 1.82) is 0 Å². The first-order valence-corrected chi connectivity index (χ1v) is 8.44. The molecule has 0 spiro atoms. The minimum atomic E-state index is 0.242. The van der Waals surface area contributed by atoms with E-state index in [-0.39, 0.29) is 6.10 Å². The zero-order chi connectivity index (χ0) is 14.7. The Bertz CT molecular complexity index is 433. The first-order chi connectivity index (χ1) is 10.2. The van der Waals surface area contributed by atoms with Crippen LogP contribution in [-0.4, -0.2) is 37.2 Å². The van der Waals surface area contributed by atoms with E-state index < -0.39 is 0 Å². The smallest absolute Gasteiger partial charge is 0.119 e. The maximum atomic E-state index is 5.76. The van der Waals surface area contributed by atoms with Gasteiger partial charge in [-0.2, -0.15) is 0 Å². The molecule has 0 radical (unpaired) electrons. The molecule has 2 fully saturated rings. The Hall–Kier alpha value is -1.06. The van der Waals surface area contributed by atoms with E-state index in [1.165, 1.54) is 37.9 Å². The molecule has 1 saturated heterocycles. The van der Waals surface area contributed by atoms with Crippen LogP contribution < -0.4 is 10.1 Å². The van der Waals surface area contributed by atoms with Gasteiger partial charge in [0.2, 0.25) is 0 Å². The van der Waals surface area contributed by atoms with Gasteiger partial charge >= 0.3 is 0 Å². The van der Waals surface area contributed by atoms with Crippen molar-refractivity contribution in [2.75, 3.05) is 26.2 Å². The van der Waals surface area contributed by atoms with Crippen molar-refractivity contribution in [2.24, 2.45) is 5.92 Å². The highest BCUT2D eigenvalue weighted by atomic mass is 16.5. The number of nitrogens with one attached hydrogen (secondary N) is 1. The number of hydrogen-bond acceptors (Lipinski definition) is 3. The lowest BCUT2D eigenvalue weighted by atomic mass is 9.98. The van der Waals surface area contributed by atoms with E-state index in [1.54, 1.807) is 0 Å². The summed E-state index contributed by atoms with van der Waals surface area (Å²) in [6.45, 7) is 8.73. The summed E-state index contributed by atoms with van der Waals surface area (Å²) < 4.78 is 5.76. The largest absolute Gasteiger partial charge is 0.491 e. The molecule has 1 aliphatic carbocycles. The minimum absolute atomic E-state index is 0.242. The van der Waals surface area contributed by atoms with Crippen molar-refractivity contribution in [3.8, 4) is 5.75 Å². The van der Waals surface area contributed by atoms with Gasteiger partial charge in [0.25, 0.3) is 0 Å². The third-order valence-corrected chi connectivity index (χ3v) is 4.48. The standard InChI is InChI=1S/C18H28N2O/c1-14(2)21-17-7-5-16(6-8-17)18(13-15-3-4-15)20-11-9-19-10-12-20/h5-8,14-15,18-19H,3-4,9-13H2,1-2H3/t18-/m0/s1. The third kappa shape index (κ3) is 4.21. The van der Waals surface area contributed by atoms with E-state index in [0.29, 0.717) is 6.04 Å². The summed E-state index contributed by atoms with van der Waals surface area (Å²) in [6.07, 6.45) is 4.42. The van der Waals surface area contributed by atoms with E-state index in [1.807, 2.05) is 0 Å². The predicted molar refractivity (Wildman–Crippen MR) is 86.7 cm³/mol. The average Bonchev–Trinajstić information content (AvgIpc) is 3.30. The van der Waals surface area contributed by atoms with Crippen LogP contribution in [-0.2, 0) is 0 Å². The number of rotatable bonds is 6. The van der Waals surface area contributed by atoms with Crippen molar-refractivity contribution >= 4 is 0 Å². The number of ether oxygens (including phenoxy) is 1. The van der Waals surface area contributed by atoms with Crippen molar-refractivity contribution < 1.29 is 4.74 Å². The molecule has 116 valence electrons. The van der Waals surface area contributed by atoms with Gasteiger partial charge in [-0.1, -0.05) is 25.0 Å². The zero-order valence-corrected chi connectivity index (χ0v) is 13.3. The van der Waals surface area contributed by atoms with Crippen molar-refractivity contribution in [3.05, 3.63) is 29.8 Å². The lowest BCUT2D eigenvalue weighted by Crippen LogP contribution is -2.45. The Kier molecular flexibility index (Phi) is 4.81. The fraction of sp³-hybridized carbons (Fsp3) is 0.667. The van der Waals surface area contributed by atoms with Crippen molar-refractivity contribution in [3.63, 3.8) is 0 Å².